The van der Waals surface area contributed by atoms with Gasteiger partial charge < -0.3 is 20.4 Å². The van der Waals surface area contributed by atoms with Crippen LogP contribution < -0.4 is 0 Å². The Morgan fingerprint density at radius 3 is 1.16 bits per heavy atom. The highest BCUT2D eigenvalue weighted by molar-refractivity contribution is 5.79. The Morgan fingerprint density at radius 2 is 0.960 bits per heavy atom. The number of phenolic OH excluding ortho intramolecular Hbond substituents is 2. The monoisotopic (exact) mass is 344 g/mol. The molecule has 0 bridgehead atoms. The highest BCUT2D eigenvalue weighted by Crippen LogP contribution is 2.16. The van der Waals surface area contributed by atoms with Gasteiger partial charge >= 0.3 is 11.9 Å². The number of carboxylic acid groups (broad SMARTS) is 2. The minimum atomic E-state index is -0.981. The molecule has 0 unspecified atom stereocenters. The highest BCUT2D eigenvalue weighted by Gasteiger charge is 1.96. The van der Waals surface area contributed by atoms with Crippen molar-refractivity contribution in [2.24, 2.45) is 0 Å². The van der Waals surface area contributed by atoms with Crippen LogP contribution in [0.15, 0.2) is 73.8 Å². The fourth-order valence-electron chi connectivity index (χ4n) is 1.46. The van der Waals surface area contributed by atoms with E-state index in [1.807, 2.05) is 24.3 Å². The first-order valence-corrected chi connectivity index (χ1v) is 7.05. The minimum absolute atomic E-state index is 0.282. The molecule has 0 aliphatic heterocycles. The van der Waals surface area contributed by atoms with Gasteiger partial charge in [-0.1, -0.05) is 37.4 Å². The molecule has 2 rings (SSSR count). The predicted molar refractivity (Wildman–Crippen MR) is 94.7 cm³/mol. The lowest BCUT2D eigenvalue weighted by Gasteiger charge is -2.02. The van der Waals surface area contributed by atoms with Gasteiger partial charge in [0.2, 0.25) is 0 Å². The van der Waals surface area contributed by atoms with Crippen molar-refractivity contribution in [1.82, 2.24) is 0 Å². The molecule has 2 aromatic rings. The number of rotatable bonds is 4. The van der Waals surface area contributed by atoms with E-state index in [1.165, 1.54) is 0 Å². The van der Waals surface area contributed by atoms with Crippen LogP contribution in [0.25, 0.3) is 0 Å². The number of phenols is 2. The van der Waals surface area contributed by atoms with Gasteiger partial charge in [-0.15, -0.1) is 0 Å². The topological polar surface area (TPSA) is 115 Å². The molecule has 0 fully saturated rings. The molecule has 132 valence electrons. The number of hydrogen-bond acceptors (Lipinski definition) is 4. The fraction of sp³-hybridized carbons (Fsp3) is 0.0526. The molecular weight excluding hydrogens is 324 g/mol. The summed E-state index contributed by atoms with van der Waals surface area (Å²) in [5.74, 6) is -1.40. The first kappa shape index (κ1) is 21.5. The Kier molecular flexibility index (Phi) is 10.3. The molecule has 0 aromatic heterocycles. The summed E-state index contributed by atoms with van der Waals surface area (Å²) in [6.45, 7) is 5.92. The molecule has 0 saturated heterocycles. The molecular formula is C19H20O6. The van der Waals surface area contributed by atoms with Gasteiger partial charge in [0, 0.05) is 12.2 Å². The van der Waals surface area contributed by atoms with Crippen molar-refractivity contribution in [3.63, 3.8) is 0 Å². The van der Waals surface area contributed by atoms with Crippen LogP contribution in [0.1, 0.15) is 11.1 Å². The smallest absolute Gasteiger partial charge is 0.327 e. The van der Waals surface area contributed by atoms with Crippen LogP contribution in [0.4, 0.5) is 0 Å². The highest BCUT2D eigenvalue weighted by atomic mass is 16.4. The van der Waals surface area contributed by atoms with Crippen LogP contribution in [-0.2, 0) is 16.0 Å². The SMILES string of the molecule is C=CC(=O)O.C=CC(=O)O.Oc1ccc(Cc2ccc(O)cc2)cc1. The van der Waals surface area contributed by atoms with Crippen LogP contribution in [0.2, 0.25) is 0 Å². The van der Waals surface area contributed by atoms with E-state index in [1.54, 1.807) is 24.3 Å². The van der Waals surface area contributed by atoms with Crippen LogP contribution in [0.5, 0.6) is 11.5 Å². The number of benzene rings is 2. The molecule has 0 heterocycles. The summed E-state index contributed by atoms with van der Waals surface area (Å²) in [5.41, 5.74) is 2.27. The van der Waals surface area contributed by atoms with Crippen LogP contribution in [0.3, 0.4) is 0 Å². The number of aliphatic carboxylic acids is 2. The van der Waals surface area contributed by atoms with Gasteiger partial charge in [0.05, 0.1) is 0 Å². The lowest BCUT2D eigenvalue weighted by Crippen LogP contribution is -1.86. The maximum atomic E-state index is 9.25. The molecule has 2 aromatic carbocycles. The number of hydrogen-bond donors (Lipinski definition) is 4. The Morgan fingerprint density at radius 1 is 0.720 bits per heavy atom. The molecule has 0 radical (unpaired) electrons. The predicted octanol–water partition coefficient (Wildman–Crippen LogP) is 3.20. The lowest BCUT2D eigenvalue weighted by molar-refractivity contribution is -0.132. The van der Waals surface area contributed by atoms with Gasteiger partial charge in [-0.05, 0) is 41.8 Å². The standard InChI is InChI=1S/C13H12O2.2C3H4O2/c14-12-5-1-10(2-6-12)9-11-3-7-13(15)8-4-11;2*1-2-3(4)5/h1-8,14-15H,9H2;2*2H,1H2,(H,4,5). The van der Waals surface area contributed by atoms with E-state index in [2.05, 4.69) is 13.2 Å². The third-order valence-electron chi connectivity index (χ3n) is 2.63. The normalized spacial score (nSPS) is 8.64. The van der Waals surface area contributed by atoms with Gasteiger partial charge in [0.1, 0.15) is 11.5 Å². The fourth-order valence-corrected chi connectivity index (χ4v) is 1.46. The van der Waals surface area contributed by atoms with Crippen molar-refractivity contribution in [3.05, 3.63) is 85.0 Å². The Balaban J connectivity index is 0.000000480. The summed E-state index contributed by atoms with van der Waals surface area (Å²) in [6.07, 6.45) is 2.47. The molecule has 0 spiro atoms. The molecule has 0 amide bonds. The Hall–Kier alpha value is -3.54. The van der Waals surface area contributed by atoms with Crippen molar-refractivity contribution in [2.45, 2.75) is 6.42 Å². The van der Waals surface area contributed by atoms with E-state index in [0.29, 0.717) is 0 Å². The maximum Gasteiger partial charge on any atom is 0.327 e. The van der Waals surface area contributed by atoms with Crippen LogP contribution in [-0.4, -0.2) is 32.4 Å². The summed E-state index contributed by atoms with van der Waals surface area (Å²) in [4.78, 5) is 18.5. The van der Waals surface area contributed by atoms with Crippen molar-refractivity contribution in [3.8, 4) is 11.5 Å². The second-order valence-corrected chi connectivity index (χ2v) is 4.59. The number of aromatic hydroxyl groups is 2. The molecule has 25 heavy (non-hydrogen) atoms. The first-order valence-electron chi connectivity index (χ1n) is 7.05. The van der Waals surface area contributed by atoms with E-state index in [4.69, 9.17) is 20.4 Å². The third kappa shape index (κ3) is 11.7. The third-order valence-corrected chi connectivity index (χ3v) is 2.63. The second kappa shape index (κ2) is 12.0. The van der Waals surface area contributed by atoms with E-state index < -0.39 is 11.9 Å². The summed E-state index contributed by atoms with van der Waals surface area (Å²) in [7, 11) is 0. The van der Waals surface area contributed by atoms with Gasteiger partial charge in [-0.3, -0.25) is 0 Å². The van der Waals surface area contributed by atoms with Crippen LogP contribution in [0, 0.1) is 0 Å². The molecule has 0 saturated carbocycles. The van der Waals surface area contributed by atoms with E-state index in [-0.39, 0.29) is 11.5 Å². The average Bonchev–Trinajstić information content (AvgIpc) is 2.60. The van der Waals surface area contributed by atoms with Gasteiger partial charge in [-0.25, -0.2) is 9.59 Å². The molecule has 0 aliphatic carbocycles. The van der Waals surface area contributed by atoms with Gasteiger partial charge in [0.15, 0.2) is 0 Å². The zero-order chi connectivity index (χ0) is 19.2. The second-order valence-electron chi connectivity index (χ2n) is 4.59. The molecule has 0 atom stereocenters. The molecule has 6 nitrogen and oxygen atoms in total. The van der Waals surface area contributed by atoms with E-state index in [0.717, 1.165) is 29.7 Å². The summed E-state index contributed by atoms with van der Waals surface area (Å²) in [5, 5.41) is 33.5. The quantitative estimate of drug-likeness (QED) is 0.633. The maximum absolute atomic E-state index is 9.25. The van der Waals surface area contributed by atoms with Gasteiger partial charge in [-0.2, -0.15) is 0 Å². The summed E-state index contributed by atoms with van der Waals surface area (Å²) >= 11 is 0. The Labute approximate surface area is 145 Å². The van der Waals surface area contributed by atoms with E-state index in [9.17, 15) is 9.59 Å². The number of carboxylic acids is 2. The van der Waals surface area contributed by atoms with Gasteiger partial charge in [0.25, 0.3) is 0 Å². The molecule has 4 N–H and O–H groups in total. The summed E-state index contributed by atoms with van der Waals surface area (Å²) < 4.78 is 0. The molecule has 6 heteroatoms. The van der Waals surface area contributed by atoms with Crippen molar-refractivity contribution in [2.75, 3.05) is 0 Å². The number of carbonyl (C=O) groups is 2. The van der Waals surface area contributed by atoms with Crippen LogP contribution >= 0.6 is 0 Å². The average molecular weight is 344 g/mol. The van der Waals surface area contributed by atoms with Crippen molar-refractivity contribution >= 4 is 11.9 Å². The first-order chi connectivity index (χ1) is 11.8. The zero-order valence-corrected chi connectivity index (χ0v) is 13.5. The molecule has 0 aliphatic rings. The van der Waals surface area contributed by atoms with Crippen molar-refractivity contribution < 1.29 is 30.0 Å². The zero-order valence-electron chi connectivity index (χ0n) is 13.5. The largest absolute Gasteiger partial charge is 0.508 e. The lowest BCUT2D eigenvalue weighted by atomic mass is 10.1. The Bertz CT molecular complexity index is 625. The minimum Gasteiger partial charge on any atom is -0.508 e. The van der Waals surface area contributed by atoms with E-state index >= 15 is 0 Å². The summed E-state index contributed by atoms with van der Waals surface area (Å²) in [6, 6.07) is 14.3. The van der Waals surface area contributed by atoms with Crippen molar-refractivity contribution in [1.29, 1.82) is 0 Å².